The Morgan fingerprint density at radius 2 is 1.44 bits per heavy atom. The van der Waals surface area contributed by atoms with Crippen molar-refractivity contribution in [2.24, 2.45) is 0 Å². The van der Waals surface area contributed by atoms with Crippen molar-refractivity contribution in [3.8, 4) is 22.9 Å². The Bertz CT molecular complexity index is 1160. The van der Waals surface area contributed by atoms with Gasteiger partial charge in [-0.15, -0.1) is 0 Å². The van der Waals surface area contributed by atoms with Gasteiger partial charge in [-0.2, -0.15) is 0 Å². The molecule has 120 valence electrons. The van der Waals surface area contributed by atoms with Crippen LogP contribution in [-0.4, -0.2) is 9.38 Å². The van der Waals surface area contributed by atoms with E-state index in [1.165, 1.54) is 4.70 Å². The van der Waals surface area contributed by atoms with Gasteiger partial charge in [0.05, 0.1) is 10.2 Å². The molecular formula is C21H14N2OS. The van der Waals surface area contributed by atoms with Gasteiger partial charge in [-0.3, -0.25) is 4.40 Å². The van der Waals surface area contributed by atoms with Crippen molar-refractivity contribution in [3.63, 3.8) is 0 Å². The van der Waals surface area contributed by atoms with Gasteiger partial charge in [0.25, 0.3) is 0 Å². The van der Waals surface area contributed by atoms with Crippen LogP contribution in [0.25, 0.3) is 26.4 Å². The average molecular weight is 342 g/mol. The van der Waals surface area contributed by atoms with Gasteiger partial charge in [0.2, 0.25) is 5.88 Å². The molecule has 0 aliphatic rings. The number of thiazole rings is 1. The van der Waals surface area contributed by atoms with Crippen LogP contribution in [0.1, 0.15) is 0 Å². The number of nitrogens with zero attached hydrogens (tertiary/aromatic N) is 2. The lowest BCUT2D eigenvalue weighted by atomic mass is 10.2. The molecule has 0 N–H and O–H groups in total. The SMILES string of the molecule is c1ccc(Oc2c(-c3ccccc3)nc3sc4ccccc4n23)cc1. The van der Waals surface area contributed by atoms with Crippen molar-refractivity contribution in [2.75, 3.05) is 0 Å². The number of para-hydroxylation sites is 2. The molecule has 5 aromatic rings. The van der Waals surface area contributed by atoms with Gasteiger partial charge in [-0.05, 0) is 24.3 Å². The standard InChI is InChI=1S/C21H14N2OS/c1-3-9-15(10-4-1)19-20(24-16-11-5-2-6-12-16)23-17-13-7-8-14-18(17)25-21(23)22-19/h1-14H. The fourth-order valence-electron chi connectivity index (χ4n) is 2.97. The largest absolute Gasteiger partial charge is 0.438 e. The second kappa shape index (κ2) is 5.76. The van der Waals surface area contributed by atoms with Crippen LogP contribution in [0.3, 0.4) is 0 Å². The van der Waals surface area contributed by atoms with Crippen molar-refractivity contribution in [1.29, 1.82) is 0 Å². The van der Waals surface area contributed by atoms with Crippen molar-refractivity contribution >= 4 is 26.5 Å². The molecule has 4 heteroatoms. The van der Waals surface area contributed by atoms with Gasteiger partial charge >= 0.3 is 0 Å². The minimum atomic E-state index is 0.754. The summed E-state index contributed by atoms with van der Waals surface area (Å²) in [6.07, 6.45) is 0. The van der Waals surface area contributed by atoms with Crippen LogP contribution < -0.4 is 4.74 Å². The number of fused-ring (bicyclic) bond motifs is 3. The smallest absolute Gasteiger partial charge is 0.233 e. The first kappa shape index (κ1) is 14.3. The lowest BCUT2D eigenvalue weighted by Crippen LogP contribution is -1.91. The van der Waals surface area contributed by atoms with Gasteiger partial charge in [0.15, 0.2) is 4.96 Å². The van der Waals surface area contributed by atoms with Gasteiger partial charge < -0.3 is 4.74 Å². The van der Waals surface area contributed by atoms with E-state index >= 15 is 0 Å². The molecule has 25 heavy (non-hydrogen) atoms. The molecule has 3 nitrogen and oxygen atoms in total. The molecule has 0 saturated carbocycles. The summed E-state index contributed by atoms with van der Waals surface area (Å²) in [5.41, 5.74) is 3.03. The maximum absolute atomic E-state index is 6.29. The Balaban J connectivity index is 1.80. The highest BCUT2D eigenvalue weighted by atomic mass is 32.1. The van der Waals surface area contributed by atoms with E-state index in [2.05, 4.69) is 28.7 Å². The van der Waals surface area contributed by atoms with Gasteiger partial charge in [0.1, 0.15) is 11.4 Å². The number of hydrogen-bond donors (Lipinski definition) is 0. The van der Waals surface area contributed by atoms with Crippen LogP contribution in [0.4, 0.5) is 0 Å². The van der Waals surface area contributed by atoms with E-state index < -0.39 is 0 Å². The summed E-state index contributed by atoms with van der Waals surface area (Å²) in [7, 11) is 0. The first-order valence-electron chi connectivity index (χ1n) is 8.08. The molecular weight excluding hydrogens is 328 g/mol. The number of imidazole rings is 1. The number of ether oxygens (including phenoxy) is 1. The van der Waals surface area contributed by atoms with Gasteiger partial charge in [-0.25, -0.2) is 4.98 Å². The molecule has 2 aromatic heterocycles. The van der Waals surface area contributed by atoms with Crippen LogP contribution >= 0.6 is 11.3 Å². The molecule has 0 fully saturated rings. The normalized spacial score (nSPS) is 11.2. The minimum Gasteiger partial charge on any atom is -0.438 e. The summed E-state index contributed by atoms with van der Waals surface area (Å²) in [4.78, 5) is 5.81. The lowest BCUT2D eigenvalue weighted by molar-refractivity contribution is 0.463. The van der Waals surface area contributed by atoms with E-state index in [9.17, 15) is 0 Å². The molecule has 0 saturated heterocycles. The molecule has 0 amide bonds. The molecule has 0 radical (unpaired) electrons. The van der Waals surface area contributed by atoms with Crippen LogP contribution in [0.15, 0.2) is 84.9 Å². The van der Waals surface area contributed by atoms with Crippen LogP contribution in [0.5, 0.6) is 11.6 Å². The quantitative estimate of drug-likeness (QED) is 0.401. The molecule has 0 aliphatic carbocycles. The van der Waals surface area contributed by atoms with Crippen molar-refractivity contribution in [2.45, 2.75) is 0 Å². The van der Waals surface area contributed by atoms with Crippen molar-refractivity contribution in [3.05, 3.63) is 84.9 Å². The summed E-state index contributed by atoms with van der Waals surface area (Å²) in [6, 6.07) is 28.3. The molecule has 0 aliphatic heterocycles. The maximum atomic E-state index is 6.29. The molecule has 5 rings (SSSR count). The Labute approximate surface area is 148 Å². The van der Waals surface area contributed by atoms with Crippen molar-refractivity contribution in [1.82, 2.24) is 9.38 Å². The van der Waals surface area contributed by atoms with Crippen LogP contribution in [0.2, 0.25) is 0 Å². The lowest BCUT2D eigenvalue weighted by Gasteiger charge is -2.07. The summed E-state index contributed by atoms with van der Waals surface area (Å²) >= 11 is 1.67. The first-order valence-corrected chi connectivity index (χ1v) is 8.90. The number of benzene rings is 3. The number of rotatable bonds is 3. The Hall–Kier alpha value is -3.11. The maximum Gasteiger partial charge on any atom is 0.233 e. The Kier molecular flexibility index (Phi) is 3.28. The van der Waals surface area contributed by atoms with Gasteiger partial charge in [0, 0.05) is 5.56 Å². The molecule has 0 bridgehead atoms. The zero-order valence-corrected chi connectivity index (χ0v) is 14.1. The van der Waals surface area contributed by atoms with E-state index in [0.29, 0.717) is 0 Å². The summed E-state index contributed by atoms with van der Waals surface area (Å²) < 4.78 is 9.59. The first-order chi connectivity index (χ1) is 12.4. The molecule has 3 aromatic carbocycles. The molecule has 0 unspecified atom stereocenters. The predicted octanol–water partition coefficient (Wildman–Crippen LogP) is 6.01. The zero-order valence-electron chi connectivity index (χ0n) is 13.3. The number of aromatic nitrogens is 2. The molecule has 0 spiro atoms. The van der Waals surface area contributed by atoms with E-state index in [1.807, 2.05) is 60.7 Å². The minimum absolute atomic E-state index is 0.754. The topological polar surface area (TPSA) is 26.5 Å². The van der Waals surface area contributed by atoms with E-state index in [0.717, 1.165) is 33.4 Å². The Morgan fingerprint density at radius 1 is 0.760 bits per heavy atom. The summed E-state index contributed by atoms with van der Waals surface area (Å²) in [5, 5.41) is 0. The highest BCUT2D eigenvalue weighted by molar-refractivity contribution is 7.23. The zero-order chi connectivity index (χ0) is 16.6. The predicted molar refractivity (Wildman–Crippen MR) is 103 cm³/mol. The fraction of sp³-hybridized carbons (Fsp3) is 0. The summed E-state index contributed by atoms with van der Waals surface area (Å²) in [6.45, 7) is 0. The third-order valence-electron chi connectivity index (χ3n) is 4.12. The summed E-state index contributed by atoms with van der Waals surface area (Å²) in [5.74, 6) is 1.56. The third-order valence-corrected chi connectivity index (χ3v) is 5.14. The van der Waals surface area contributed by atoms with Crippen LogP contribution in [-0.2, 0) is 0 Å². The fourth-order valence-corrected chi connectivity index (χ4v) is 3.99. The third kappa shape index (κ3) is 2.39. The second-order valence-corrected chi connectivity index (χ2v) is 6.74. The Morgan fingerprint density at radius 3 is 2.24 bits per heavy atom. The average Bonchev–Trinajstić information content (AvgIpc) is 3.20. The van der Waals surface area contributed by atoms with Crippen LogP contribution in [0, 0.1) is 0 Å². The van der Waals surface area contributed by atoms with Gasteiger partial charge in [-0.1, -0.05) is 72.0 Å². The highest BCUT2D eigenvalue weighted by Gasteiger charge is 2.20. The number of hydrogen-bond acceptors (Lipinski definition) is 3. The highest BCUT2D eigenvalue weighted by Crippen LogP contribution is 2.39. The second-order valence-electron chi connectivity index (χ2n) is 5.73. The van der Waals surface area contributed by atoms with E-state index in [-0.39, 0.29) is 0 Å². The van der Waals surface area contributed by atoms with Crippen molar-refractivity contribution < 1.29 is 4.74 Å². The molecule has 0 atom stereocenters. The molecule has 2 heterocycles. The monoisotopic (exact) mass is 342 g/mol. The van der Waals surface area contributed by atoms with E-state index in [4.69, 9.17) is 9.72 Å². The van der Waals surface area contributed by atoms with E-state index in [1.54, 1.807) is 11.3 Å².